The molecular weight excluding hydrogens is 860 g/mol. The summed E-state index contributed by atoms with van der Waals surface area (Å²) in [7, 11) is 0. The summed E-state index contributed by atoms with van der Waals surface area (Å²) in [6.07, 6.45) is -5.08. The third-order valence-electron chi connectivity index (χ3n) is 11.7. The molecule has 5 fully saturated rings. The van der Waals surface area contributed by atoms with Crippen LogP contribution in [0, 0.1) is 5.92 Å². The van der Waals surface area contributed by atoms with Crippen molar-refractivity contribution in [3.8, 4) is 0 Å². The SMILES string of the molecule is C[C@@H]1[C@H](O)[C@H](O)O[C@@H](Cn2cc(COCCOCCOCCC(=O)Nc3ccc(CC4CN5CCN6CCN7CCN4CC(=O)OC(OC(=O)C6)(OC(=O)C7)OC(=O)C5)cc3)nn2)[C@H]1O. The van der Waals surface area contributed by atoms with Crippen molar-refractivity contribution in [3.05, 3.63) is 41.7 Å². The van der Waals surface area contributed by atoms with Crippen LogP contribution in [-0.2, 0) is 81.4 Å². The summed E-state index contributed by atoms with van der Waals surface area (Å²) in [5.74, 6) is -4.40. The Morgan fingerprint density at radius 2 is 1.32 bits per heavy atom. The van der Waals surface area contributed by atoms with Gasteiger partial charge >= 0.3 is 30.0 Å². The van der Waals surface area contributed by atoms with Crippen molar-refractivity contribution in [2.45, 2.75) is 69.7 Å². The van der Waals surface area contributed by atoms with E-state index in [-0.39, 0.29) is 70.9 Å². The Kier molecular flexibility index (Phi) is 16.8. The molecule has 5 saturated heterocycles. The van der Waals surface area contributed by atoms with E-state index in [4.69, 9.17) is 37.9 Å². The lowest BCUT2D eigenvalue weighted by atomic mass is 9.91. The highest BCUT2D eigenvalue weighted by atomic mass is 17.0. The summed E-state index contributed by atoms with van der Waals surface area (Å²) in [4.78, 5) is 73.2. The third-order valence-corrected chi connectivity index (χ3v) is 11.7. The molecule has 6 unspecified atom stereocenters. The minimum Gasteiger partial charge on any atom is -0.390 e. The molecule has 11 atom stereocenters. The molecule has 6 heterocycles. The van der Waals surface area contributed by atoms with Gasteiger partial charge in [0.1, 0.15) is 17.9 Å². The first-order valence-electron chi connectivity index (χ1n) is 21.8. The number of carbonyl (C=O) groups excluding carboxylic acids is 5. The van der Waals surface area contributed by atoms with Crippen molar-refractivity contribution in [2.24, 2.45) is 5.92 Å². The fourth-order valence-corrected chi connectivity index (χ4v) is 8.10. The number of ether oxygens (including phenoxy) is 8. The maximum atomic E-state index is 13.5. The van der Waals surface area contributed by atoms with Gasteiger partial charge in [-0.25, -0.2) is 4.68 Å². The Bertz CT molecular complexity index is 1940. The van der Waals surface area contributed by atoms with Gasteiger partial charge in [0.15, 0.2) is 6.29 Å². The van der Waals surface area contributed by atoms with Gasteiger partial charge in [0.2, 0.25) is 5.91 Å². The number of fused-ring (bicyclic) bond motifs is 12. The highest BCUT2D eigenvalue weighted by molar-refractivity contribution is 5.90. The van der Waals surface area contributed by atoms with Crippen molar-refractivity contribution in [2.75, 3.05) is 110 Å². The van der Waals surface area contributed by atoms with E-state index < -0.39 is 60.6 Å². The zero-order valence-electron chi connectivity index (χ0n) is 36.3. The summed E-state index contributed by atoms with van der Waals surface area (Å²) in [5.41, 5.74) is 2.05. The summed E-state index contributed by atoms with van der Waals surface area (Å²) in [6, 6.07) is 7.04. The van der Waals surface area contributed by atoms with Crippen LogP contribution >= 0.6 is 0 Å². The number of rotatable bonds is 16. The number of aromatic nitrogens is 3. The Labute approximate surface area is 374 Å². The van der Waals surface area contributed by atoms with Crippen molar-refractivity contribution < 1.29 is 77.2 Å². The lowest BCUT2D eigenvalue weighted by Gasteiger charge is -2.39. The van der Waals surface area contributed by atoms with Crippen LogP contribution in [0.4, 0.5) is 5.69 Å². The zero-order chi connectivity index (χ0) is 45.9. The number of amides is 1. The number of carbonyl (C=O) groups is 5. The average molecular weight is 919 g/mol. The number of aliphatic hydroxyl groups is 3. The molecule has 0 radical (unpaired) electrons. The van der Waals surface area contributed by atoms with Gasteiger partial charge in [-0.3, -0.25) is 43.6 Å². The van der Waals surface area contributed by atoms with Crippen LogP contribution in [-0.4, -0.2) is 222 Å². The van der Waals surface area contributed by atoms with Crippen LogP contribution in [0.25, 0.3) is 0 Å². The van der Waals surface area contributed by atoms with Crippen molar-refractivity contribution >= 4 is 35.5 Å². The van der Waals surface area contributed by atoms with E-state index >= 15 is 0 Å². The maximum Gasteiger partial charge on any atom is 0.619 e. The van der Waals surface area contributed by atoms with Gasteiger partial charge in [-0.1, -0.05) is 24.3 Å². The van der Waals surface area contributed by atoms with Gasteiger partial charge < -0.3 is 58.5 Å². The molecule has 7 rings (SSSR count). The minimum absolute atomic E-state index is 0.121. The number of aliphatic hydroxyl groups excluding tert-OH is 3. The molecule has 0 aliphatic carbocycles. The van der Waals surface area contributed by atoms with E-state index in [1.54, 1.807) is 25.3 Å². The summed E-state index contributed by atoms with van der Waals surface area (Å²) >= 11 is 0. The Morgan fingerprint density at radius 3 is 1.98 bits per heavy atom. The van der Waals surface area contributed by atoms with E-state index in [2.05, 4.69) is 15.6 Å². The number of anilines is 1. The van der Waals surface area contributed by atoms with Crippen molar-refractivity contribution in [3.63, 3.8) is 0 Å². The Balaban J connectivity index is 0.834. The van der Waals surface area contributed by atoms with Gasteiger partial charge in [0.05, 0.1) is 91.1 Å². The monoisotopic (exact) mass is 918 g/mol. The molecule has 358 valence electrons. The predicted octanol–water partition coefficient (Wildman–Crippen LogP) is -3.11. The fraction of sp³-hybridized carbons (Fsp3) is 0.683. The number of esters is 4. The topological polar surface area (TPSA) is 276 Å². The van der Waals surface area contributed by atoms with Gasteiger partial charge in [-0.05, 0) is 24.1 Å². The maximum absolute atomic E-state index is 13.5. The number of hydrogen-bond donors (Lipinski definition) is 4. The fourth-order valence-electron chi connectivity index (χ4n) is 8.10. The normalized spacial score (nSPS) is 32.1. The summed E-state index contributed by atoms with van der Waals surface area (Å²) in [5, 5.41) is 41.1. The number of hydrogen-bond acceptors (Lipinski definition) is 22. The first-order valence-corrected chi connectivity index (χ1v) is 21.8. The zero-order valence-corrected chi connectivity index (χ0v) is 36.3. The van der Waals surface area contributed by atoms with E-state index in [0.717, 1.165) is 5.56 Å². The number of nitrogens with zero attached hydrogens (tertiary/aromatic N) is 7. The molecule has 2 aromatic rings. The van der Waals surface area contributed by atoms with Gasteiger partial charge in [-0.15, -0.1) is 5.10 Å². The Hall–Kier alpha value is -4.73. The second-order valence-electron chi connectivity index (χ2n) is 16.6. The molecule has 24 heteroatoms. The van der Waals surface area contributed by atoms with Crippen LogP contribution in [0.2, 0.25) is 0 Å². The molecule has 0 saturated carbocycles. The third kappa shape index (κ3) is 13.9. The molecule has 5 aliphatic heterocycles. The summed E-state index contributed by atoms with van der Waals surface area (Å²) in [6.45, 7) is 5.16. The molecule has 4 N–H and O–H groups in total. The first kappa shape index (κ1) is 48.2. The largest absolute Gasteiger partial charge is 0.619 e. The van der Waals surface area contributed by atoms with Gasteiger partial charge in [0.25, 0.3) is 0 Å². The van der Waals surface area contributed by atoms with Crippen LogP contribution in [0.15, 0.2) is 30.5 Å². The van der Waals surface area contributed by atoms with E-state index in [1.165, 1.54) is 4.68 Å². The second-order valence-corrected chi connectivity index (χ2v) is 16.6. The molecule has 1 aromatic heterocycles. The molecular formula is C41H58N8O16. The van der Waals surface area contributed by atoms with Crippen molar-refractivity contribution in [1.29, 1.82) is 0 Å². The van der Waals surface area contributed by atoms with Crippen LogP contribution in [0.3, 0.4) is 0 Å². The van der Waals surface area contributed by atoms with Crippen molar-refractivity contribution in [1.82, 2.24) is 34.6 Å². The minimum atomic E-state index is -3.00. The second kappa shape index (κ2) is 22.6. The molecule has 1 aromatic carbocycles. The summed E-state index contributed by atoms with van der Waals surface area (Å²) < 4.78 is 45.1. The van der Waals surface area contributed by atoms with Crippen LogP contribution < -0.4 is 5.32 Å². The lowest BCUT2D eigenvalue weighted by molar-refractivity contribution is -0.431. The first-order chi connectivity index (χ1) is 31.3. The van der Waals surface area contributed by atoms with E-state index in [0.29, 0.717) is 83.4 Å². The van der Waals surface area contributed by atoms with Crippen LogP contribution in [0.1, 0.15) is 24.6 Å². The highest BCUT2D eigenvalue weighted by Crippen LogP contribution is 2.27. The van der Waals surface area contributed by atoms with E-state index in [9.17, 15) is 39.3 Å². The van der Waals surface area contributed by atoms with Gasteiger partial charge in [-0.2, -0.15) is 0 Å². The molecule has 1 spiro atoms. The molecule has 1 amide bonds. The number of nitrogens with one attached hydrogen (secondary N) is 1. The average Bonchev–Trinajstić information content (AvgIpc) is 3.68. The van der Waals surface area contributed by atoms with Gasteiger partial charge in [0, 0.05) is 63.5 Å². The van der Waals surface area contributed by atoms with Crippen LogP contribution in [0.5, 0.6) is 0 Å². The predicted molar refractivity (Wildman–Crippen MR) is 219 cm³/mol. The van der Waals surface area contributed by atoms with E-state index in [1.807, 2.05) is 31.7 Å². The smallest absolute Gasteiger partial charge is 0.390 e. The molecule has 5 aliphatic rings. The molecule has 24 nitrogen and oxygen atoms in total. The highest BCUT2D eigenvalue weighted by Gasteiger charge is 2.52. The number of benzene rings is 1. The standard InChI is InChI=1S/C41H58N8O16/c1-27-38(55)32(61-40(57)39(27)56)21-49-19-30(43-44-49)26-60-17-16-59-15-14-58-13-6-33(50)42-29-4-2-28(3-5-29)18-31-20-47-10-9-45-7-8-46-11-12-48(31)25-37(54)65-41(62-34(51)22-45,63-35(52)23-46)64-36(53)24-47/h2-5,19,27,31-32,38-40,55-57H,6-18,20-26H2,1H3,(H,42,50)/t27-,31?,32-,38-,39-,40+,41?/m0/s1. The quantitative estimate of drug-likeness (QED) is 0.0958. The lowest BCUT2D eigenvalue weighted by Crippen LogP contribution is -2.54. The Morgan fingerprint density at radius 1 is 0.754 bits per heavy atom. The molecule has 5 bridgehead atoms. The molecule has 65 heavy (non-hydrogen) atoms.